The monoisotopic (exact) mass is 528 g/mol. The van der Waals surface area contributed by atoms with E-state index in [4.69, 9.17) is 4.99 Å². The fraction of sp³-hybridized carbons (Fsp3) is 0.545. The molecule has 1 aliphatic rings. The van der Waals surface area contributed by atoms with E-state index in [-0.39, 0.29) is 29.8 Å². The van der Waals surface area contributed by atoms with Crippen molar-refractivity contribution in [2.24, 2.45) is 10.9 Å². The van der Waals surface area contributed by atoms with E-state index in [2.05, 4.69) is 33.6 Å². The molecule has 1 aliphatic heterocycles. The van der Waals surface area contributed by atoms with Crippen molar-refractivity contribution in [2.75, 3.05) is 33.7 Å². The SMILES string of the molecule is CCNC(=NCc1ccc(F)c(CN(C)C)c1)N1CCC(C)C(n2ccnc2)C1.I. The van der Waals surface area contributed by atoms with Crippen molar-refractivity contribution in [1.29, 1.82) is 0 Å². The topological polar surface area (TPSA) is 48.7 Å². The molecule has 3 rings (SSSR count). The van der Waals surface area contributed by atoms with Crippen molar-refractivity contribution in [3.63, 3.8) is 0 Å². The molecule has 2 aromatic rings. The summed E-state index contributed by atoms with van der Waals surface area (Å²) >= 11 is 0. The molecule has 0 aliphatic carbocycles. The van der Waals surface area contributed by atoms with E-state index < -0.39 is 0 Å². The Kier molecular flexibility index (Phi) is 9.54. The number of halogens is 2. The molecule has 0 radical (unpaired) electrons. The van der Waals surface area contributed by atoms with Crippen LogP contribution in [0.2, 0.25) is 0 Å². The van der Waals surface area contributed by atoms with Crippen LogP contribution in [0, 0.1) is 11.7 Å². The molecular weight excluding hydrogens is 494 g/mol. The summed E-state index contributed by atoms with van der Waals surface area (Å²) in [5, 5.41) is 3.43. The number of hydrogen-bond donors (Lipinski definition) is 1. The van der Waals surface area contributed by atoms with Gasteiger partial charge in [-0.25, -0.2) is 14.4 Å². The Balaban J connectivity index is 0.00000320. The average molecular weight is 528 g/mol. The van der Waals surface area contributed by atoms with E-state index in [0.29, 0.717) is 30.6 Å². The van der Waals surface area contributed by atoms with Gasteiger partial charge in [0.15, 0.2) is 5.96 Å². The second-order valence-electron chi connectivity index (χ2n) is 8.12. The second kappa shape index (κ2) is 11.6. The van der Waals surface area contributed by atoms with Gasteiger partial charge in [0.05, 0.1) is 18.9 Å². The summed E-state index contributed by atoms with van der Waals surface area (Å²) in [7, 11) is 3.89. The van der Waals surface area contributed by atoms with E-state index >= 15 is 0 Å². The number of likely N-dealkylation sites (tertiary alicyclic amines) is 1. The summed E-state index contributed by atoms with van der Waals surface area (Å²) < 4.78 is 16.3. The number of piperidine rings is 1. The largest absolute Gasteiger partial charge is 0.357 e. The third-order valence-electron chi connectivity index (χ3n) is 5.47. The predicted molar refractivity (Wildman–Crippen MR) is 131 cm³/mol. The Morgan fingerprint density at radius 1 is 1.37 bits per heavy atom. The van der Waals surface area contributed by atoms with Gasteiger partial charge in [-0.3, -0.25) is 0 Å². The summed E-state index contributed by atoms with van der Waals surface area (Å²) in [6.07, 6.45) is 6.89. The Bertz CT molecular complexity index is 808. The quantitative estimate of drug-likeness (QED) is 0.353. The predicted octanol–water partition coefficient (Wildman–Crippen LogP) is 3.75. The first kappa shape index (κ1) is 24.6. The van der Waals surface area contributed by atoms with Crippen LogP contribution in [-0.2, 0) is 13.1 Å². The summed E-state index contributed by atoms with van der Waals surface area (Å²) in [5.41, 5.74) is 1.73. The number of benzene rings is 1. The summed E-state index contributed by atoms with van der Waals surface area (Å²) in [5.74, 6) is 1.35. The molecule has 0 bridgehead atoms. The maximum atomic E-state index is 14.1. The maximum absolute atomic E-state index is 14.1. The Morgan fingerprint density at radius 3 is 2.83 bits per heavy atom. The number of aromatic nitrogens is 2. The molecule has 1 N–H and O–H groups in total. The van der Waals surface area contributed by atoms with Gasteiger partial charge in [0.25, 0.3) is 0 Å². The highest BCUT2D eigenvalue weighted by molar-refractivity contribution is 14.0. The van der Waals surface area contributed by atoms with Gasteiger partial charge < -0.3 is 19.7 Å². The van der Waals surface area contributed by atoms with E-state index in [1.54, 1.807) is 6.07 Å². The zero-order valence-corrected chi connectivity index (χ0v) is 20.7. The second-order valence-corrected chi connectivity index (χ2v) is 8.12. The number of nitrogens with zero attached hydrogens (tertiary/aromatic N) is 5. The van der Waals surface area contributed by atoms with Gasteiger partial charge in [-0.2, -0.15) is 0 Å². The molecule has 1 fully saturated rings. The molecule has 6 nitrogen and oxygen atoms in total. The standard InChI is InChI=1S/C22H33FN6.HI/c1-5-25-22(26-13-18-6-7-20(23)19(12-18)14-27(3)4)28-10-8-17(2)21(15-28)29-11-9-24-16-29;/h6-7,9,11-12,16-17,21H,5,8,10,13-15H2,1-4H3,(H,25,26);1H. The fourth-order valence-electron chi connectivity index (χ4n) is 3.88. The minimum Gasteiger partial charge on any atom is -0.357 e. The van der Waals surface area contributed by atoms with Crippen molar-refractivity contribution in [3.8, 4) is 0 Å². The molecule has 1 aromatic carbocycles. The van der Waals surface area contributed by atoms with Crippen LogP contribution < -0.4 is 5.32 Å². The highest BCUT2D eigenvalue weighted by Crippen LogP contribution is 2.27. The summed E-state index contributed by atoms with van der Waals surface area (Å²) in [6, 6.07) is 5.68. The van der Waals surface area contributed by atoms with Crippen LogP contribution in [-0.4, -0.2) is 59.0 Å². The zero-order chi connectivity index (χ0) is 20.8. The van der Waals surface area contributed by atoms with E-state index in [9.17, 15) is 4.39 Å². The van der Waals surface area contributed by atoms with Gasteiger partial charge in [0.1, 0.15) is 5.82 Å². The zero-order valence-electron chi connectivity index (χ0n) is 18.4. The molecule has 1 aromatic heterocycles. The number of aliphatic imine (C=N–C) groups is 1. The Morgan fingerprint density at radius 2 is 2.17 bits per heavy atom. The molecule has 2 heterocycles. The Hall–Kier alpha value is -1.68. The third-order valence-corrected chi connectivity index (χ3v) is 5.47. The molecule has 0 amide bonds. The van der Waals surface area contributed by atoms with E-state index in [1.165, 1.54) is 0 Å². The van der Waals surface area contributed by atoms with Crippen LogP contribution in [0.25, 0.3) is 0 Å². The number of hydrogen-bond acceptors (Lipinski definition) is 3. The van der Waals surface area contributed by atoms with E-state index in [0.717, 1.165) is 37.6 Å². The molecule has 0 spiro atoms. The van der Waals surface area contributed by atoms with Gasteiger partial charge >= 0.3 is 0 Å². The molecule has 30 heavy (non-hydrogen) atoms. The average Bonchev–Trinajstić information content (AvgIpc) is 3.22. The van der Waals surface area contributed by atoms with Crippen molar-refractivity contribution in [3.05, 3.63) is 53.9 Å². The van der Waals surface area contributed by atoms with Crippen LogP contribution in [0.1, 0.15) is 37.4 Å². The summed E-state index contributed by atoms with van der Waals surface area (Å²) in [6.45, 7) is 8.20. The molecule has 2 unspecified atom stereocenters. The minimum absolute atomic E-state index is 0. The minimum atomic E-state index is -0.161. The van der Waals surface area contributed by atoms with Gasteiger partial charge in [0, 0.05) is 44.1 Å². The lowest BCUT2D eigenvalue weighted by Crippen LogP contribution is -2.49. The summed E-state index contributed by atoms with van der Waals surface area (Å²) in [4.78, 5) is 13.4. The molecule has 2 atom stereocenters. The number of guanidine groups is 1. The third kappa shape index (κ3) is 6.41. The van der Waals surface area contributed by atoms with Gasteiger partial charge in [-0.1, -0.05) is 13.0 Å². The molecular formula is C22H34FIN6. The normalized spacial score (nSPS) is 19.7. The number of rotatable bonds is 6. The lowest BCUT2D eigenvalue weighted by Gasteiger charge is -2.39. The highest BCUT2D eigenvalue weighted by Gasteiger charge is 2.28. The molecule has 166 valence electrons. The number of imidazole rings is 1. The number of nitrogens with one attached hydrogen (secondary N) is 1. The van der Waals surface area contributed by atoms with Crippen LogP contribution in [0.4, 0.5) is 4.39 Å². The van der Waals surface area contributed by atoms with E-state index in [1.807, 2.05) is 49.8 Å². The molecule has 1 saturated heterocycles. The first-order valence-corrected chi connectivity index (χ1v) is 10.4. The lowest BCUT2D eigenvalue weighted by molar-refractivity contribution is 0.189. The fourth-order valence-corrected chi connectivity index (χ4v) is 3.88. The van der Waals surface area contributed by atoms with Crippen molar-refractivity contribution >= 4 is 29.9 Å². The van der Waals surface area contributed by atoms with Gasteiger partial charge in [0.2, 0.25) is 0 Å². The van der Waals surface area contributed by atoms with Crippen LogP contribution >= 0.6 is 24.0 Å². The van der Waals surface area contributed by atoms with Crippen molar-refractivity contribution < 1.29 is 4.39 Å². The van der Waals surface area contributed by atoms with Crippen LogP contribution in [0.3, 0.4) is 0 Å². The lowest BCUT2D eigenvalue weighted by atomic mass is 9.93. The maximum Gasteiger partial charge on any atom is 0.194 e. The first-order chi connectivity index (χ1) is 14.0. The Labute approximate surface area is 196 Å². The highest BCUT2D eigenvalue weighted by atomic mass is 127. The van der Waals surface area contributed by atoms with Crippen LogP contribution in [0.5, 0.6) is 0 Å². The molecule has 0 saturated carbocycles. The van der Waals surface area contributed by atoms with Gasteiger partial charge in [-0.05, 0) is 51.1 Å². The van der Waals surface area contributed by atoms with Crippen molar-refractivity contribution in [1.82, 2.24) is 24.7 Å². The van der Waals surface area contributed by atoms with Gasteiger partial charge in [-0.15, -0.1) is 24.0 Å². The smallest absolute Gasteiger partial charge is 0.194 e. The van der Waals surface area contributed by atoms with Crippen LogP contribution in [0.15, 0.2) is 41.9 Å². The first-order valence-electron chi connectivity index (χ1n) is 10.4. The molecule has 8 heteroatoms. The van der Waals surface area contributed by atoms with Crippen molar-refractivity contribution in [2.45, 2.75) is 39.4 Å².